The molecule has 7 heteroatoms. The van der Waals surface area contributed by atoms with E-state index in [2.05, 4.69) is 10.0 Å². The topological polar surface area (TPSA) is 61.4 Å². The Morgan fingerprint density at radius 3 is 2.41 bits per heavy atom. The minimum atomic E-state index is -3.24. The molecule has 2 fully saturated rings. The molecule has 0 aliphatic carbocycles. The van der Waals surface area contributed by atoms with E-state index in [0.717, 1.165) is 45.2 Å². The summed E-state index contributed by atoms with van der Waals surface area (Å²) in [6.07, 6.45) is 5.12. The smallest absolute Gasteiger partial charge is 0.279 e. The van der Waals surface area contributed by atoms with Gasteiger partial charge in [0, 0.05) is 25.7 Å². The first kappa shape index (κ1) is 15.2. The highest BCUT2D eigenvalue weighted by atomic mass is 35.5. The molecule has 2 N–H and O–H groups in total. The molecule has 2 rings (SSSR count). The molecule has 1 atom stereocenters. The molecule has 0 unspecified atom stereocenters. The van der Waals surface area contributed by atoms with Gasteiger partial charge in [-0.05, 0) is 32.2 Å². The van der Waals surface area contributed by atoms with E-state index >= 15 is 0 Å². The summed E-state index contributed by atoms with van der Waals surface area (Å²) >= 11 is 0. The summed E-state index contributed by atoms with van der Waals surface area (Å²) in [6.45, 7) is 3.11. The molecule has 0 amide bonds. The van der Waals surface area contributed by atoms with Crippen molar-refractivity contribution >= 4 is 22.6 Å². The summed E-state index contributed by atoms with van der Waals surface area (Å²) in [5.74, 6) is 0. The van der Waals surface area contributed by atoms with Crippen LogP contribution in [0.3, 0.4) is 0 Å². The second-order valence-electron chi connectivity index (χ2n) is 4.63. The van der Waals surface area contributed by atoms with Gasteiger partial charge in [0.05, 0.1) is 0 Å². The summed E-state index contributed by atoms with van der Waals surface area (Å²) in [7, 11) is -3.24. The molecule has 0 spiro atoms. The first-order chi connectivity index (χ1) is 7.68. The lowest BCUT2D eigenvalue weighted by Crippen LogP contribution is -2.51. The van der Waals surface area contributed by atoms with Crippen LogP contribution in [0.25, 0.3) is 0 Å². The molecule has 17 heavy (non-hydrogen) atoms. The second-order valence-corrected chi connectivity index (χ2v) is 6.33. The normalized spacial score (nSPS) is 27.4. The van der Waals surface area contributed by atoms with Crippen molar-refractivity contribution in [2.24, 2.45) is 0 Å². The molecule has 102 valence electrons. The first-order valence-electron chi connectivity index (χ1n) is 6.16. The van der Waals surface area contributed by atoms with Gasteiger partial charge < -0.3 is 5.32 Å². The van der Waals surface area contributed by atoms with E-state index in [1.54, 1.807) is 4.31 Å². The SMILES string of the molecule is Cl.O=S(=O)(N[C@@H]1CCCNC1)N1CCCCC1. The fourth-order valence-corrected chi connectivity index (χ4v) is 3.85. The van der Waals surface area contributed by atoms with Gasteiger partial charge in [0.25, 0.3) is 10.2 Å². The van der Waals surface area contributed by atoms with Gasteiger partial charge in [0.15, 0.2) is 0 Å². The Balaban J connectivity index is 0.00000144. The van der Waals surface area contributed by atoms with Crippen molar-refractivity contribution < 1.29 is 8.42 Å². The molecule has 0 saturated carbocycles. The maximum absolute atomic E-state index is 12.0. The average Bonchev–Trinajstić information content (AvgIpc) is 2.31. The highest BCUT2D eigenvalue weighted by Crippen LogP contribution is 2.13. The van der Waals surface area contributed by atoms with E-state index < -0.39 is 10.2 Å². The Kier molecular flexibility index (Phi) is 6.16. The van der Waals surface area contributed by atoms with Crippen molar-refractivity contribution in [2.75, 3.05) is 26.2 Å². The van der Waals surface area contributed by atoms with Crippen molar-refractivity contribution in [3.8, 4) is 0 Å². The lowest BCUT2D eigenvalue weighted by atomic mass is 10.1. The van der Waals surface area contributed by atoms with E-state index in [1.807, 2.05) is 0 Å². The first-order valence-corrected chi connectivity index (χ1v) is 7.60. The summed E-state index contributed by atoms with van der Waals surface area (Å²) in [6, 6.07) is 0.0701. The van der Waals surface area contributed by atoms with E-state index in [9.17, 15) is 8.42 Å². The highest BCUT2D eigenvalue weighted by molar-refractivity contribution is 7.87. The molecule has 2 heterocycles. The van der Waals surface area contributed by atoms with E-state index in [0.29, 0.717) is 13.1 Å². The van der Waals surface area contributed by atoms with Gasteiger partial charge in [-0.25, -0.2) is 0 Å². The average molecular weight is 284 g/mol. The number of halogens is 1. The molecule has 2 saturated heterocycles. The van der Waals surface area contributed by atoms with Crippen LogP contribution < -0.4 is 10.0 Å². The Labute approximate surface area is 110 Å². The van der Waals surface area contributed by atoms with Crippen molar-refractivity contribution in [3.63, 3.8) is 0 Å². The number of nitrogens with one attached hydrogen (secondary N) is 2. The van der Waals surface area contributed by atoms with Crippen LogP contribution in [0.5, 0.6) is 0 Å². The zero-order chi connectivity index (χ0) is 11.4. The van der Waals surface area contributed by atoms with Crippen LogP contribution in [0.15, 0.2) is 0 Å². The fraction of sp³-hybridized carbons (Fsp3) is 1.00. The third-order valence-electron chi connectivity index (χ3n) is 3.27. The van der Waals surface area contributed by atoms with E-state index in [1.165, 1.54) is 0 Å². The molecule has 2 aliphatic heterocycles. The number of rotatable bonds is 3. The summed E-state index contributed by atoms with van der Waals surface area (Å²) in [5, 5.41) is 3.21. The highest BCUT2D eigenvalue weighted by Gasteiger charge is 2.27. The van der Waals surface area contributed by atoms with Gasteiger partial charge in [-0.15, -0.1) is 12.4 Å². The van der Waals surface area contributed by atoms with Crippen molar-refractivity contribution in [1.82, 2.24) is 14.3 Å². The molecular formula is C10H22ClN3O2S. The quantitative estimate of drug-likeness (QED) is 0.792. The van der Waals surface area contributed by atoms with Crippen molar-refractivity contribution in [1.29, 1.82) is 0 Å². The maximum atomic E-state index is 12.0. The molecule has 2 aliphatic rings. The van der Waals surface area contributed by atoms with E-state index in [-0.39, 0.29) is 18.4 Å². The van der Waals surface area contributed by atoms with Crippen molar-refractivity contribution in [2.45, 2.75) is 38.1 Å². The summed E-state index contributed by atoms with van der Waals surface area (Å²) < 4.78 is 28.5. The summed E-state index contributed by atoms with van der Waals surface area (Å²) in [4.78, 5) is 0. The van der Waals surface area contributed by atoms with Crippen LogP contribution in [0, 0.1) is 0 Å². The molecule has 0 radical (unpaired) electrons. The maximum Gasteiger partial charge on any atom is 0.279 e. The largest absolute Gasteiger partial charge is 0.315 e. The Morgan fingerprint density at radius 2 is 1.82 bits per heavy atom. The fourth-order valence-electron chi connectivity index (χ4n) is 2.34. The van der Waals surface area contributed by atoms with Gasteiger partial charge in [0.2, 0.25) is 0 Å². The zero-order valence-corrected chi connectivity index (χ0v) is 11.7. The van der Waals surface area contributed by atoms with Crippen LogP contribution in [0.2, 0.25) is 0 Å². The third-order valence-corrected chi connectivity index (χ3v) is 4.94. The van der Waals surface area contributed by atoms with Crippen LogP contribution >= 0.6 is 12.4 Å². The lowest BCUT2D eigenvalue weighted by molar-refractivity contribution is 0.332. The summed E-state index contributed by atoms with van der Waals surface area (Å²) in [5.41, 5.74) is 0. The lowest BCUT2D eigenvalue weighted by Gasteiger charge is -2.30. The molecule has 0 aromatic rings. The minimum absolute atomic E-state index is 0. The molecular weight excluding hydrogens is 262 g/mol. The van der Waals surface area contributed by atoms with E-state index in [4.69, 9.17) is 0 Å². The number of hydrogen-bond donors (Lipinski definition) is 2. The standard InChI is InChI=1S/C10H21N3O2S.ClH/c14-16(15,13-7-2-1-3-8-13)12-10-5-4-6-11-9-10;/h10-12H,1-9H2;1H/t10-;/m1./s1. The number of piperidine rings is 2. The molecule has 0 bridgehead atoms. The number of hydrogen-bond acceptors (Lipinski definition) is 3. The van der Waals surface area contributed by atoms with Crippen LogP contribution in [-0.2, 0) is 10.2 Å². The minimum Gasteiger partial charge on any atom is -0.315 e. The third kappa shape index (κ3) is 4.37. The Bertz CT molecular complexity index is 312. The monoisotopic (exact) mass is 283 g/mol. The predicted octanol–water partition coefficient (Wildman–Crippen LogP) is 0.480. The Hall–Kier alpha value is 0.120. The van der Waals surface area contributed by atoms with Crippen LogP contribution in [0.1, 0.15) is 32.1 Å². The van der Waals surface area contributed by atoms with Gasteiger partial charge in [-0.2, -0.15) is 17.4 Å². The van der Waals surface area contributed by atoms with Gasteiger partial charge in [-0.1, -0.05) is 6.42 Å². The zero-order valence-electron chi connectivity index (χ0n) is 10.0. The van der Waals surface area contributed by atoms with Crippen LogP contribution in [0.4, 0.5) is 0 Å². The predicted molar refractivity (Wildman–Crippen MR) is 70.6 cm³/mol. The van der Waals surface area contributed by atoms with Crippen LogP contribution in [-0.4, -0.2) is 44.9 Å². The molecule has 0 aromatic heterocycles. The Morgan fingerprint density at radius 1 is 1.12 bits per heavy atom. The number of nitrogens with zero attached hydrogens (tertiary/aromatic N) is 1. The molecule has 0 aromatic carbocycles. The van der Waals surface area contributed by atoms with Gasteiger partial charge in [-0.3, -0.25) is 0 Å². The molecule has 5 nitrogen and oxygen atoms in total. The van der Waals surface area contributed by atoms with Gasteiger partial charge in [0.1, 0.15) is 0 Å². The van der Waals surface area contributed by atoms with Gasteiger partial charge >= 0.3 is 0 Å². The van der Waals surface area contributed by atoms with Crippen molar-refractivity contribution in [3.05, 3.63) is 0 Å². The second kappa shape index (κ2) is 6.89.